The molecule has 1 N–H and O–H groups in total. The molecule has 8 heteroatoms. The maximum Gasteiger partial charge on any atom is 0.282 e. The standard InChI is InChI=1S/C16H12ClN3O3S/c17-9-5-6-13(20(22)23)11(7-9)15(21)19-16-12(8-18)10-3-1-2-4-14(10)24-16/h5-7H,1-4H2,(H,19,21). The summed E-state index contributed by atoms with van der Waals surface area (Å²) in [5.41, 5.74) is 1.01. The monoisotopic (exact) mass is 361 g/mol. The number of aryl methyl sites for hydroxylation is 1. The van der Waals surface area contributed by atoms with Crippen molar-refractivity contribution in [2.75, 3.05) is 5.32 Å². The number of nitrogens with zero attached hydrogens (tertiary/aromatic N) is 2. The average molecular weight is 362 g/mol. The average Bonchev–Trinajstić information content (AvgIpc) is 2.91. The molecule has 3 rings (SSSR count). The van der Waals surface area contributed by atoms with E-state index >= 15 is 0 Å². The third kappa shape index (κ3) is 2.98. The molecule has 0 saturated carbocycles. The second-order valence-electron chi connectivity index (χ2n) is 5.40. The van der Waals surface area contributed by atoms with E-state index in [1.165, 1.54) is 29.5 Å². The number of nitrogens with one attached hydrogen (secondary N) is 1. The molecule has 0 fully saturated rings. The Balaban J connectivity index is 1.97. The molecule has 6 nitrogen and oxygen atoms in total. The predicted molar refractivity (Wildman–Crippen MR) is 91.7 cm³/mol. The minimum atomic E-state index is -0.640. The van der Waals surface area contributed by atoms with Crippen LogP contribution in [0.2, 0.25) is 5.02 Å². The molecule has 0 radical (unpaired) electrons. The zero-order valence-corrected chi connectivity index (χ0v) is 14.0. The molecule has 122 valence electrons. The van der Waals surface area contributed by atoms with Gasteiger partial charge in [0, 0.05) is 16.0 Å². The van der Waals surface area contributed by atoms with Crippen molar-refractivity contribution >= 4 is 39.5 Å². The quantitative estimate of drug-likeness (QED) is 0.650. The summed E-state index contributed by atoms with van der Waals surface area (Å²) in [4.78, 5) is 24.1. The van der Waals surface area contributed by atoms with Crippen LogP contribution >= 0.6 is 22.9 Å². The van der Waals surface area contributed by atoms with Gasteiger partial charge < -0.3 is 5.32 Å². The fourth-order valence-electron chi connectivity index (χ4n) is 2.79. The lowest BCUT2D eigenvalue weighted by molar-refractivity contribution is -0.385. The van der Waals surface area contributed by atoms with Crippen molar-refractivity contribution in [2.24, 2.45) is 0 Å². The number of nitriles is 1. The van der Waals surface area contributed by atoms with E-state index in [4.69, 9.17) is 11.6 Å². The van der Waals surface area contributed by atoms with Crippen LogP contribution in [-0.2, 0) is 12.8 Å². The Hall–Kier alpha value is -2.43. The molecule has 0 aliphatic heterocycles. The molecule has 1 amide bonds. The molecule has 0 atom stereocenters. The third-order valence-corrected chi connectivity index (χ3v) is 5.35. The second-order valence-corrected chi connectivity index (χ2v) is 6.94. The first-order valence-corrected chi connectivity index (χ1v) is 8.50. The van der Waals surface area contributed by atoms with Gasteiger partial charge in [-0.1, -0.05) is 11.6 Å². The van der Waals surface area contributed by atoms with Crippen LogP contribution in [0, 0.1) is 21.4 Å². The zero-order chi connectivity index (χ0) is 17.3. The van der Waals surface area contributed by atoms with Crippen LogP contribution in [0.25, 0.3) is 0 Å². The number of hydrogen-bond acceptors (Lipinski definition) is 5. The topological polar surface area (TPSA) is 96.0 Å². The van der Waals surface area contributed by atoms with Crippen molar-refractivity contribution in [3.63, 3.8) is 0 Å². The van der Waals surface area contributed by atoms with Gasteiger partial charge in [0.2, 0.25) is 0 Å². The molecule has 0 saturated heterocycles. The molecule has 1 aliphatic carbocycles. The van der Waals surface area contributed by atoms with Crippen LogP contribution in [-0.4, -0.2) is 10.8 Å². The summed E-state index contributed by atoms with van der Waals surface area (Å²) >= 11 is 7.23. The summed E-state index contributed by atoms with van der Waals surface area (Å²) in [6.45, 7) is 0. The van der Waals surface area contributed by atoms with Crippen molar-refractivity contribution in [3.05, 3.63) is 54.9 Å². The molecule has 1 heterocycles. The second kappa shape index (κ2) is 6.59. The number of hydrogen-bond donors (Lipinski definition) is 1. The van der Waals surface area contributed by atoms with Crippen LogP contribution in [0.3, 0.4) is 0 Å². The smallest absolute Gasteiger partial charge is 0.282 e. The summed E-state index contributed by atoms with van der Waals surface area (Å²) in [6, 6.07) is 5.96. The highest BCUT2D eigenvalue weighted by Gasteiger charge is 2.25. The Morgan fingerprint density at radius 3 is 2.83 bits per heavy atom. The van der Waals surface area contributed by atoms with Gasteiger partial charge >= 0.3 is 0 Å². The normalized spacial score (nSPS) is 13.0. The number of thiophene rings is 1. The fourth-order valence-corrected chi connectivity index (χ4v) is 4.20. The highest BCUT2D eigenvalue weighted by molar-refractivity contribution is 7.16. The summed E-state index contributed by atoms with van der Waals surface area (Å²) in [5.74, 6) is -0.640. The van der Waals surface area contributed by atoms with E-state index in [9.17, 15) is 20.2 Å². The van der Waals surface area contributed by atoms with Gasteiger partial charge in [0.25, 0.3) is 11.6 Å². The number of nitro benzene ring substituents is 1. The van der Waals surface area contributed by atoms with Gasteiger partial charge in [0.1, 0.15) is 16.6 Å². The lowest BCUT2D eigenvalue weighted by Crippen LogP contribution is -2.14. The molecule has 24 heavy (non-hydrogen) atoms. The number of rotatable bonds is 3. The minimum Gasteiger partial charge on any atom is -0.312 e. The van der Waals surface area contributed by atoms with Crippen molar-refractivity contribution < 1.29 is 9.72 Å². The fraction of sp³-hybridized carbons (Fsp3) is 0.250. The number of nitro groups is 1. The first kappa shape index (κ1) is 16.4. The number of carbonyl (C=O) groups excluding carboxylic acids is 1. The molecule has 0 bridgehead atoms. The molecule has 1 aromatic heterocycles. The highest BCUT2D eigenvalue weighted by atomic mass is 35.5. The predicted octanol–water partition coefficient (Wildman–Crippen LogP) is 4.31. The Kier molecular flexibility index (Phi) is 4.51. The molecule has 1 aromatic carbocycles. The first-order chi connectivity index (χ1) is 11.5. The minimum absolute atomic E-state index is 0.122. The van der Waals surface area contributed by atoms with Gasteiger partial charge in [-0.05, 0) is 43.4 Å². The van der Waals surface area contributed by atoms with E-state index in [-0.39, 0.29) is 16.3 Å². The van der Waals surface area contributed by atoms with E-state index in [2.05, 4.69) is 11.4 Å². The first-order valence-electron chi connectivity index (χ1n) is 7.31. The zero-order valence-electron chi connectivity index (χ0n) is 12.5. The Morgan fingerprint density at radius 2 is 2.12 bits per heavy atom. The molecular weight excluding hydrogens is 350 g/mol. The third-order valence-electron chi connectivity index (χ3n) is 3.91. The lowest BCUT2D eigenvalue weighted by atomic mass is 9.96. The number of amides is 1. The van der Waals surface area contributed by atoms with Crippen LogP contribution < -0.4 is 5.32 Å². The Labute approximate surface area is 146 Å². The van der Waals surface area contributed by atoms with Gasteiger partial charge in [-0.2, -0.15) is 5.26 Å². The summed E-state index contributed by atoms with van der Waals surface area (Å²) < 4.78 is 0. The number of benzene rings is 1. The summed E-state index contributed by atoms with van der Waals surface area (Å²) in [6.07, 6.45) is 3.79. The largest absolute Gasteiger partial charge is 0.312 e. The van der Waals surface area contributed by atoms with Gasteiger partial charge in [-0.15, -0.1) is 11.3 Å². The summed E-state index contributed by atoms with van der Waals surface area (Å²) in [7, 11) is 0. The van der Waals surface area contributed by atoms with E-state index in [0.717, 1.165) is 36.1 Å². The van der Waals surface area contributed by atoms with Crippen LogP contribution in [0.1, 0.15) is 39.2 Å². The van der Waals surface area contributed by atoms with Gasteiger partial charge in [0.15, 0.2) is 0 Å². The van der Waals surface area contributed by atoms with E-state index in [0.29, 0.717) is 10.6 Å². The Morgan fingerprint density at radius 1 is 1.38 bits per heavy atom. The van der Waals surface area contributed by atoms with Gasteiger partial charge in [0.05, 0.1) is 10.5 Å². The highest BCUT2D eigenvalue weighted by Crippen LogP contribution is 2.38. The summed E-state index contributed by atoms with van der Waals surface area (Å²) in [5, 5.41) is 23.8. The number of carbonyl (C=O) groups is 1. The van der Waals surface area contributed by atoms with E-state index in [1.807, 2.05) is 0 Å². The van der Waals surface area contributed by atoms with Crippen LogP contribution in [0.4, 0.5) is 10.7 Å². The van der Waals surface area contributed by atoms with E-state index < -0.39 is 10.8 Å². The number of anilines is 1. The Bertz CT molecular complexity index is 885. The van der Waals surface area contributed by atoms with Gasteiger partial charge in [-0.25, -0.2) is 0 Å². The molecule has 0 spiro atoms. The molecular formula is C16H12ClN3O3S. The molecule has 0 unspecified atom stereocenters. The van der Waals surface area contributed by atoms with Gasteiger partial charge in [-0.3, -0.25) is 14.9 Å². The van der Waals surface area contributed by atoms with E-state index in [1.54, 1.807) is 0 Å². The SMILES string of the molecule is N#Cc1c(NC(=O)c2cc(Cl)ccc2[N+](=O)[O-])sc2c1CCCC2. The van der Waals surface area contributed by atoms with Crippen LogP contribution in [0.5, 0.6) is 0 Å². The molecule has 1 aliphatic rings. The maximum absolute atomic E-state index is 12.5. The molecule has 2 aromatic rings. The maximum atomic E-state index is 12.5. The van der Waals surface area contributed by atoms with Crippen molar-refractivity contribution in [1.82, 2.24) is 0 Å². The van der Waals surface area contributed by atoms with Crippen LogP contribution in [0.15, 0.2) is 18.2 Å². The van der Waals surface area contributed by atoms with Crippen molar-refractivity contribution in [1.29, 1.82) is 5.26 Å². The lowest BCUT2D eigenvalue weighted by Gasteiger charge is -2.09. The number of halogens is 1. The van der Waals surface area contributed by atoms with Crippen molar-refractivity contribution in [2.45, 2.75) is 25.7 Å². The van der Waals surface area contributed by atoms with Crippen molar-refractivity contribution in [3.8, 4) is 6.07 Å². The number of fused-ring (bicyclic) bond motifs is 1.